The van der Waals surface area contributed by atoms with E-state index < -0.39 is 23.8 Å². The van der Waals surface area contributed by atoms with Gasteiger partial charge in [0.05, 0.1) is 0 Å². The molecule has 1 aromatic rings. The Hall–Kier alpha value is -2.17. The number of hydrogen-bond donors (Lipinski definition) is 1. The van der Waals surface area contributed by atoms with Crippen molar-refractivity contribution < 1.29 is 19.5 Å². The highest BCUT2D eigenvalue weighted by Crippen LogP contribution is 2.21. The second kappa shape index (κ2) is 5.22. The molecule has 1 N–H and O–H groups in total. The Morgan fingerprint density at radius 3 is 2.74 bits per heavy atom. The van der Waals surface area contributed by atoms with Gasteiger partial charge in [0, 0.05) is 12.0 Å². The molecule has 0 spiro atoms. The van der Waals surface area contributed by atoms with E-state index in [1.54, 1.807) is 18.2 Å². The van der Waals surface area contributed by atoms with Gasteiger partial charge in [-0.3, -0.25) is 14.5 Å². The SMILES string of the molecule is Cc1cccc(C(=O)N2C(=O)CCCC2C(=O)O)c1. The first-order valence-electron chi connectivity index (χ1n) is 6.16. The molecular formula is C14H15NO4. The first kappa shape index (κ1) is 13.3. The lowest BCUT2D eigenvalue weighted by Crippen LogP contribution is -2.51. The molecule has 0 aromatic heterocycles. The molecule has 1 fully saturated rings. The van der Waals surface area contributed by atoms with Crippen molar-refractivity contribution >= 4 is 17.8 Å². The van der Waals surface area contributed by atoms with Crippen molar-refractivity contribution in [1.82, 2.24) is 4.90 Å². The molecule has 5 nitrogen and oxygen atoms in total. The van der Waals surface area contributed by atoms with Crippen LogP contribution in [0.5, 0.6) is 0 Å². The number of amides is 2. The van der Waals surface area contributed by atoms with Crippen LogP contribution in [-0.2, 0) is 9.59 Å². The van der Waals surface area contributed by atoms with Crippen LogP contribution in [0.25, 0.3) is 0 Å². The third kappa shape index (κ3) is 2.65. The van der Waals surface area contributed by atoms with Crippen molar-refractivity contribution in [2.45, 2.75) is 32.2 Å². The van der Waals surface area contributed by atoms with Crippen LogP contribution in [-0.4, -0.2) is 33.8 Å². The molecule has 5 heteroatoms. The normalized spacial score (nSPS) is 19.3. The first-order valence-corrected chi connectivity index (χ1v) is 6.16. The summed E-state index contributed by atoms with van der Waals surface area (Å²) in [5.74, 6) is -2.07. The minimum Gasteiger partial charge on any atom is -0.480 e. The van der Waals surface area contributed by atoms with Crippen LogP contribution in [0.2, 0.25) is 0 Å². The number of likely N-dealkylation sites (tertiary alicyclic amines) is 1. The molecule has 2 amide bonds. The summed E-state index contributed by atoms with van der Waals surface area (Å²) in [5.41, 5.74) is 1.24. The molecule has 1 aliphatic heterocycles. The fourth-order valence-electron chi connectivity index (χ4n) is 2.28. The lowest BCUT2D eigenvalue weighted by molar-refractivity contribution is -0.150. The number of hydrogen-bond acceptors (Lipinski definition) is 3. The van der Waals surface area contributed by atoms with Crippen molar-refractivity contribution in [2.24, 2.45) is 0 Å². The molecule has 1 saturated heterocycles. The van der Waals surface area contributed by atoms with E-state index in [2.05, 4.69) is 0 Å². The quantitative estimate of drug-likeness (QED) is 0.820. The van der Waals surface area contributed by atoms with Gasteiger partial charge >= 0.3 is 5.97 Å². The van der Waals surface area contributed by atoms with Gasteiger partial charge in [0.1, 0.15) is 6.04 Å². The molecule has 19 heavy (non-hydrogen) atoms. The topological polar surface area (TPSA) is 74.7 Å². The predicted molar refractivity (Wildman–Crippen MR) is 67.6 cm³/mol. The van der Waals surface area contributed by atoms with Crippen LogP contribution in [0.3, 0.4) is 0 Å². The maximum absolute atomic E-state index is 12.3. The summed E-state index contributed by atoms with van der Waals surface area (Å²) in [4.78, 5) is 36.2. The number of benzene rings is 1. The number of carboxylic acids is 1. The van der Waals surface area contributed by atoms with E-state index in [4.69, 9.17) is 5.11 Å². The van der Waals surface area contributed by atoms with Crippen molar-refractivity contribution in [1.29, 1.82) is 0 Å². The summed E-state index contributed by atoms with van der Waals surface area (Å²) in [5, 5.41) is 9.13. The predicted octanol–water partition coefficient (Wildman–Crippen LogP) is 1.60. The number of nitrogens with zero attached hydrogens (tertiary/aromatic N) is 1. The van der Waals surface area contributed by atoms with E-state index in [-0.39, 0.29) is 6.42 Å². The highest BCUT2D eigenvalue weighted by Gasteiger charge is 2.37. The zero-order chi connectivity index (χ0) is 14.0. The van der Waals surface area contributed by atoms with E-state index >= 15 is 0 Å². The smallest absolute Gasteiger partial charge is 0.326 e. The second-order valence-electron chi connectivity index (χ2n) is 4.68. The van der Waals surface area contributed by atoms with E-state index in [0.717, 1.165) is 10.5 Å². The number of piperidine rings is 1. The third-order valence-electron chi connectivity index (χ3n) is 3.22. The minimum atomic E-state index is -1.13. The summed E-state index contributed by atoms with van der Waals surface area (Å²) in [6.45, 7) is 1.84. The number of aliphatic carboxylic acids is 1. The maximum Gasteiger partial charge on any atom is 0.326 e. The molecule has 100 valence electrons. The Morgan fingerprint density at radius 2 is 2.11 bits per heavy atom. The maximum atomic E-state index is 12.3. The Kier molecular flexibility index (Phi) is 3.64. The van der Waals surface area contributed by atoms with Gasteiger partial charge in [0.2, 0.25) is 5.91 Å². The lowest BCUT2D eigenvalue weighted by Gasteiger charge is -2.31. The average Bonchev–Trinajstić information content (AvgIpc) is 2.37. The Bertz CT molecular complexity index is 538. The highest BCUT2D eigenvalue weighted by atomic mass is 16.4. The summed E-state index contributed by atoms with van der Waals surface area (Å²) >= 11 is 0. The fourth-order valence-corrected chi connectivity index (χ4v) is 2.28. The monoisotopic (exact) mass is 261 g/mol. The van der Waals surface area contributed by atoms with Gasteiger partial charge in [-0.25, -0.2) is 4.79 Å². The first-order chi connectivity index (χ1) is 9.00. The number of carbonyl (C=O) groups is 3. The molecule has 1 atom stereocenters. The minimum absolute atomic E-state index is 0.224. The van der Waals surface area contributed by atoms with Crippen LogP contribution in [0.15, 0.2) is 24.3 Å². The molecule has 0 radical (unpaired) electrons. The van der Waals surface area contributed by atoms with Gasteiger partial charge in [0.25, 0.3) is 5.91 Å². The van der Waals surface area contributed by atoms with Crippen molar-refractivity contribution in [3.63, 3.8) is 0 Å². The molecule has 1 heterocycles. The lowest BCUT2D eigenvalue weighted by atomic mass is 10.00. The zero-order valence-corrected chi connectivity index (χ0v) is 10.6. The number of rotatable bonds is 2. The van der Waals surface area contributed by atoms with Gasteiger partial charge in [-0.05, 0) is 31.9 Å². The Balaban J connectivity index is 2.33. The Labute approximate surface area is 110 Å². The molecule has 0 bridgehead atoms. The van der Waals surface area contributed by atoms with Gasteiger partial charge < -0.3 is 5.11 Å². The zero-order valence-electron chi connectivity index (χ0n) is 10.6. The molecular weight excluding hydrogens is 246 g/mol. The molecule has 1 aromatic carbocycles. The highest BCUT2D eigenvalue weighted by molar-refractivity contribution is 6.07. The van der Waals surface area contributed by atoms with E-state index in [1.807, 2.05) is 13.0 Å². The fraction of sp³-hybridized carbons (Fsp3) is 0.357. The summed E-state index contributed by atoms with van der Waals surface area (Å²) < 4.78 is 0. The number of aryl methyl sites for hydroxylation is 1. The van der Waals surface area contributed by atoms with Crippen LogP contribution in [0, 0.1) is 6.92 Å². The average molecular weight is 261 g/mol. The number of carbonyl (C=O) groups excluding carboxylic acids is 2. The van der Waals surface area contributed by atoms with Gasteiger partial charge in [-0.1, -0.05) is 17.7 Å². The van der Waals surface area contributed by atoms with Crippen LogP contribution >= 0.6 is 0 Å². The van der Waals surface area contributed by atoms with Crippen molar-refractivity contribution in [2.75, 3.05) is 0 Å². The molecule has 0 saturated carbocycles. The van der Waals surface area contributed by atoms with E-state index in [0.29, 0.717) is 18.4 Å². The van der Waals surface area contributed by atoms with Crippen LogP contribution in [0.1, 0.15) is 35.2 Å². The number of carboxylic acid groups (broad SMARTS) is 1. The van der Waals surface area contributed by atoms with Crippen LogP contribution in [0.4, 0.5) is 0 Å². The molecule has 0 aliphatic carbocycles. The largest absolute Gasteiger partial charge is 0.480 e. The van der Waals surface area contributed by atoms with Gasteiger partial charge in [-0.15, -0.1) is 0 Å². The summed E-state index contributed by atoms with van der Waals surface area (Å²) in [6.07, 6.45) is 1.05. The van der Waals surface area contributed by atoms with Crippen molar-refractivity contribution in [3.8, 4) is 0 Å². The number of imide groups is 1. The molecule has 1 unspecified atom stereocenters. The standard InChI is InChI=1S/C14H15NO4/c1-9-4-2-5-10(8-9)13(17)15-11(14(18)19)6-3-7-12(15)16/h2,4-5,8,11H,3,6-7H2,1H3,(H,18,19). The molecule has 2 rings (SSSR count). The van der Waals surface area contributed by atoms with Crippen LogP contribution < -0.4 is 0 Å². The van der Waals surface area contributed by atoms with Gasteiger partial charge in [-0.2, -0.15) is 0 Å². The molecule has 1 aliphatic rings. The summed E-state index contributed by atoms with van der Waals surface area (Å²) in [7, 11) is 0. The Morgan fingerprint density at radius 1 is 1.37 bits per heavy atom. The van der Waals surface area contributed by atoms with E-state index in [1.165, 1.54) is 0 Å². The van der Waals surface area contributed by atoms with Crippen molar-refractivity contribution in [3.05, 3.63) is 35.4 Å². The van der Waals surface area contributed by atoms with E-state index in [9.17, 15) is 14.4 Å². The summed E-state index contributed by atoms with van der Waals surface area (Å²) in [6, 6.07) is 5.75. The van der Waals surface area contributed by atoms with Gasteiger partial charge in [0.15, 0.2) is 0 Å². The third-order valence-corrected chi connectivity index (χ3v) is 3.22. The second-order valence-corrected chi connectivity index (χ2v) is 4.68.